The Morgan fingerprint density at radius 1 is 0.322 bits per heavy atom. The van der Waals surface area contributed by atoms with Gasteiger partial charge in [-0.3, -0.25) is 63.5 Å². The maximum Gasteiger partial charge on any atom is 0.162 e. The molecule has 6 aromatic heterocycles. The Morgan fingerprint density at radius 2 is 0.651 bits per heavy atom. The van der Waals surface area contributed by atoms with E-state index in [1.165, 1.54) is 66.8 Å². The molecule has 0 saturated carbocycles. The third-order valence-corrected chi connectivity index (χ3v) is 27.3. The van der Waals surface area contributed by atoms with E-state index >= 15 is 0 Å². The summed E-state index contributed by atoms with van der Waals surface area (Å²) in [6.45, 7) is 37.5. The van der Waals surface area contributed by atoms with Gasteiger partial charge in [-0.2, -0.15) is 0 Å². The van der Waals surface area contributed by atoms with Crippen molar-refractivity contribution < 1.29 is 33.6 Å². The second kappa shape index (κ2) is 63.0. The number of para-hydroxylation sites is 1. The lowest BCUT2D eigenvalue weighted by molar-refractivity contribution is -0.121. The summed E-state index contributed by atoms with van der Waals surface area (Å²) in [5.74, 6) is 4.08. The van der Waals surface area contributed by atoms with Gasteiger partial charge in [-0.1, -0.05) is 343 Å². The quantitative estimate of drug-likeness (QED) is 0.0259. The maximum absolute atomic E-state index is 12.5. The van der Waals surface area contributed by atoms with Crippen LogP contribution in [0.3, 0.4) is 0 Å². The number of Topliss-reactive ketones (excluding diaryl/α,β-unsaturated/α-hetero) is 7. The second-order valence-electron chi connectivity index (χ2n) is 43.4. The van der Waals surface area contributed by atoms with Crippen molar-refractivity contribution in [1.82, 2.24) is 35.2 Å². The van der Waals surface area contributed by atoms with Gasteiger partial charge in [-0.15, -0.1) is 0 Å². The lowest BCUT2D eigenvalue weighted by Gasteiger charge is -2.26. The molecule has 13 aromatic rings. The molecule has 15 rings (SSSR count). The number of nitrogens with one attached hydrogen (secondary N) is 2. The molecule has 0 aliphatic carbocycles. The van der Waals surface area contributed by atoms with Crippen molar-refractivity contribution in [3.63, 3.8) is 0 Å². The fraction of sp³-hybridized carbons (Fsp3) is 0.402. The van der Waals surface area contributed by atoms with E-state index in [0.29, 0.717) is 136 Å². The molecule has 0 bridgehead atoms. The molecule has 0 amide bonds. The Hall–Kier alpha value is -13.2. The molecule has 8 heterocycles. The van der Waals surface area contributed by atoms with Crippen LogP contribution in [0, 0.1) is 0 Å². The van der Waals surface area contributed by atoms with Crippen LogP contribution in [0.25, 0.3) is 0 Å². The summed E-state index contributed by atoms with van der Waals surface area (Å²) >= 11 is 0. The highest BCUT2D eigenvalue weighted by molar-refractivity contribution is 5.96. The average Bonchev–Trinajstić information content (AvgIpc) is 0.805. The van der Waals surface area contributed by atoms with E-state index < -0.39 is 12.1 Å². The van der Waals surface area contributed by atoms with Gasteiger partial charge in [0.15, 0.2) is 11.6 Å². The van der Waals surface area contributed by atoms with E-state index in [2.05, 4.69) is 267 Å². The number of carbonyl (C=O) groups excluding carboxylic acids is 7. The first-order valence-electron chi connectivity index (χ1n) is 54.2. The molecule has 6 N–H and O–H groups in total. The van der Waals surface area contributed by atoms with Crippen LogP contribution in [0.2, 0.25) is 0 Å². The Bertz CT molecular complexity index is 6040. The molecule has 2 aliphatic rings. The number of ketones is 7. The van der Waals surface area contributed by atoms with Gasteiger partial charge in [0.25, 0.3) is 0 Å². The van der Waals surface area contributed by atoms with Gasteiger partial charge in [0.05, 0.1) is 24.2 Å². The maximum atomic E-state index is 12.5. The van der Waals surface area contributed by atoms with Gasteiger partial charge >= 0.3 is 0 Å². The van der Waals surface area contributed by atoms with Gasteiger partial charge in [-0.25, -0.2) is 0 Å². The van der Waals surface area contributed by atoms with Gasteiger partial charge in [-0.05, 0) is 254 Å². The number of aromatic nitrogens is 6. The van der Waals surface area contributed by atoms with Crippen molar-refractivity contribution in [3.05, 3.63) is 422 Å². The fourth-order valence-corrected chi connectivity index (χ4v) is 17.3. The number of anilines is 1. The number of hydrogen-bond acceptors (Lipinski definition) is 17. The highest BCUT2D eigenvalue weighted by Gasteiger charge is 2.27. The Morgan fingerprint density at radius 3 is 1.03 bits per heavy atom. The zero-order valence-electron chi connectivity index (χ0n) is 91.9. The summed E-state index contributed by atoms with van der Waals surface area (Å²) in [7, 11) is 0. The van der Waals surface area contributed by atoms with Crippen LogP contribution in [0.15, 0.2) is 305 Å². The lowest BCUT2D eigenvalue weighted by Crippen LogP contribution is -2.41. The molecule has 149 heavy (non-hydrogen) atoms. The number of unbranched alkanes of at least 4 members (excludes halogenated alkanes) is 1. The van der Waals surface area contributed by atoms with E-state index in [1.54, 1.807) is 0 Å². The van der Waals surface area contributed by atoms with Crippen LogP contribution < -0.4 is 22.1 Å². The van der Waals surface area contributed by atoms with Crippen LogP contribution >= 0.6 is 0 Å². The first kappa shape index (κ1) is 119. The minimum absolute atomic E-state index is 0.0499. The number of fused-ring (bicyclic) bond motifs is 2. The summed E-state index contributed by atoms with van der Waals surface area (Å²) in [5.41, 5.74) is 38.2. The Balaban J connectivity index is 0.000000193. The van der Waals surface area contributed by atoms with Crippen LogP contribution in [0.4, 0.5) is 5.69 Å². The zero-order chi connectivity index (χ0) is 108. The first-order chi connectivity index (χ1) is 71.4. The summed E-state index contributed by atoms with van der Waals surface area (Å²) < 4.78 is 0. The molecule has 0 radical (unpaired) electrons. The molecular formula is C132H166N10O7. The van der Waals surface area contributed by atoms with Crippen molar-refractivity contribution in [2.45, 2.75) is 343 Å². The Labute approximate surface area is 890 Å². The molecule has 17 nitrogen and oxygen atoms in total. The van der Waals surface area contributed by atoms with Crippen molar-refractivity contribution in [2.75, 3.05) is 5.32 Å². The molecule has 17 heteroatoms. The van der Waals surface area contributed by atoms with Crippen molar-refractivity contribution in [3.8, 4) is 0 Å². The first-order valence-corrected chi connectivity index (χ1v) is 54.2. The molecule has 4 atom stereocenters. The minimum atomic E-state index is -0.434. The largest absolute Gasteiger partial charge is 0.375 e. The normalized spacial score (nSPS) is 13.3. The standard InChI is InChI=1S/2C20H24N2O.C20H26N2O.C19H24N2O.2C19H23NO.C15H22O/c1-14(2)17-11-15(12-21-13-17)7-10-20(23)19-9-8-16-5-3-4-6-18(16)22-19;1-14(2)18-9-15(11-21-12-18)7-8-20(23)19-10-16-5-3-4-6-17(16)13-22-19;1-20(2,3)17-11-16(13-22-14-17)9-10-19(23)18(21)12-15-7-5-4-6-8-15;1-14(2)17-10-16(12-21-13-17)8-9-19(22)18(20)11-15-6-4-3-5-7-15;2*1-15(2)18-12-17(13-20-14-18)9-11-19(21)10-8-16-6-4-3-5-7-16;1-5-6-10-14(16)12-8-7-9-13(11-12)15(2,3)4/h3-6,11-14,19,22H,7-10H2,1-2H3;3-6,9,11-12,14,19,22H,7-8,10,13H2,1-2H3;4-8,11,13-14,18H,9-10,12,21H2,1-3H3;3-7,10,12-14,18H,8-9,11,20H2,1-2H3;2*3-7,12-15H,8-11H2,1-2H3;7-9,11H,5-6,10H2,1-4H3/t;;2*18-;;;/m..01.../s1. The summed E-state index contributed by atoms with van der Waals surface area (Å²) in [5, 5.41) is 6.77. The minimum Gasteiger partial charge on any atom is -0.375 e. The van der Waals surface area contributed by atoms with E-state index in [1.807, 2.05) is 196 Å². The average molecular weight is 2000 g/mol. The van der Waals surface area contributed by atoms with Crippen molar-refractivity contribution >= 4 is 46.2 Å². The van der Waals surface area contributed by atoms with Gasteiger partial charge in [0.1, 0.15) is 28.9 Å². The number of nitrogens with two attached hydrogens (primary N) is 2. The topological polar surface area (TPSA) is 273 Å². The van der Waals surface area contributed by atoms with Crippen LogP contribution in [-0.4, -0.2) is 94.6 Å². The predicted molar refractivity (Wildman–Crippen MR) is 612 cm³/mol. The van der Waals surface area contributed by atoms with Crippen LogP contribution in [-0.2, 0) is 123 Å². The van der Waals surface area contributed by atoms with Crippen LogP contribution in [0.5, 0.6) is 0 Å². The SMILES string of the molecule is CC(C)(C)c1cncc(CCC(=O)[C@@H](N)Cc2ccccc2)c1.CC(C)c1cncc(CCC(=O)C2CCc3ccccc3N2)c1.CC(C)c1cncc(CCC(=O)C2Cc3ccccc3CN2)c1.CC(C)c1cncc(CCC(=O)CCc2ccccc2)c1.CC(C)c1cncc(CCC(=O)CCc2ccccc2)c1.CC(C)c1cncc(CCC(=O)[C@H](N)Cc2ccccc2)c1.CCCCC(=O)c1cccc(C(C)(C)C)c1. The zero-order valence-corrected chi connectivity index (χ0v) is 91.9. The van der Waals surface area contributed by atoms with E-state index in [-0.39, 0.29) is 40.3 Å². The smallest absolute Gasteiger partial charge is 0.162 e. The third kappa shape index (κ3) is 43.9. The van der Waals surface area contributed by atoms with E-state index in [0.717, 1.165) is 133 Å². The summed E-state index contributed by atoms with van der Waals surface area (Å²) in [6, 6.07) is 76.8. The third-order valence-electron chi connectivity index (χ3n) is 27.3. The molecular weight excluding hydrogens is 1840 g/mol. The summed E-state index contributed by atoms with van der Waals surface area (Å²) in [6.07, 6.45) is 39.9. The number of carbonyl (C=O) groups is 7. The van der Waals surface area contributed by atoms with Crippen molar-refractivity contribution in [2.24, 2.45) is 11.5 Å². The van der Waals surface area contributed by atoms with Crippen LogP contribution in [0.1, 0.15) is 346 Å². The van der Waals surface area contributed by atoms with E-state index in [4.69, 9.17) is 11.5 Å². The van der Waals surface area contributed by atoms with Gasteiger partial charge in [0.2, 0.25) is 0 Å². The molecule has 0 spiro atoms. The molecule has 786 valence electrons. The number of pyridine rings is 6. The second-order valence-corrected chi connectivity index (χ2v) is 43.4. The van der Waals surface area contributed by atoms with Crippen molar-refractivity contribution in [1.29, 1.82) is 0 Å². The molecule has 0 fully saturated rings. The number of aryl methyl sites for hydroxylation is 9. The van der Waals surface area contributed by atoms with E-state index in [9.17, 15) is 33.6 Å². The monoisotopic (exact) mass is 2000 g/mol. The number of rotatable bonds is 41. The molecule has 2 aliphatic heterocycles. The lowest BCUT2D eigenvalue weighted by atomic mass is 9.85. The number of nitrogens with zero attached hydrogens (tertiary/aromatic N) is 6. The number of benzene rings is 7. The van der Waals surface area contributed by atoms with Gasteiger partial charge in [0, 0.05) is 150 Å². The molecule has 2 unspecified atom stereocenters. The molecule has 0 saturated heterocycles. The summed E-state index contributed by atoms with van der Waals surface area (Å²) in [4.78, 5) is 111. The Kier molecular flexibility index (Phi) is 50.4. The molecule has 7 aromatic carbocycles. The van der Waals surface area contributed by atoms with Gasteiger partial charge < -0.3 is 22.1 Å². The highest BCUT2D eigenvalue weighted by atomic mass is 16.2. The number of hydrogen-bond donors (Lipinski definition) is 4. The highest BCUT2D eigenvalue weighted by Crippen LogP contribution is 2.30. The fourth-order valence-electron chi connectivity index (χ4n) is 17.3. The predicted octanol–water partition coefficient (Wildman–Crippen LogP) is 27.3.